The maximum absolute atomic E-state index is 6.97. The van der Waals surface area contributed by atoms with E-state index >= 15 is 0 Å². The summed E-state index contributed by atoms with van der Waals surface area (Å²) in [5, 5.41) is 4.32. The zero-order valence-corrected chi connectivity index (χ0v) is 31.1. The summed E-state index contributed by atoms with van der Waals surface area (Å²) in [5.74, 6) is 2.51. The van der Waals surface area contributed by atoms with Crippen LogP contribution in [0.5, 0.6) is 11.5 Å². The van der Waals surface area contributed by atoms with Crippen molar-refractivity contribution in [3.63, 3.8) is 0 Å². The van der Waals surface area contributed by atoms with Crippen molar-refractivity contribution in [2.24, 2.45) is 0 Å². The Bertz CT molecular complexity index is 3510. The van der Waals surface area contributed by atoms with Gasteiger partial charge in [-0.05, 0) is 111 Å². The molecule has 1 aliphatic heterocycles. The number of fused-ring (bicyclic) bond motifs is 17. The fraction of sp³-hybridized carbons (Fsp3) is 0.0189. The summed E-state index contributed by atoms with van der Waals surface area (Å²) in [5.41, 5.74) is 14.4. The molecule has 0 amide bonds. The van der Waals surface area contributed by atoms with Gasteiger partial charge in [0.1, 0.15) is 34.1 Å². The molecule has 0 bridgehead atoms. The molecule has 5 nitrogen and oxygen atoms in total. The highest BCUT2D eigenvalue weighted by molar-refractivity contribution is 6.09. The molecule has 270 valence electrons. The fourth-order valence-electron chi connectivity index (χ4n) is 9.99. The summed E-state index contributed by atoms with van der Waals surface area (Å²) < 4.78 is 15.8. The van der Waals surface area contributed by atoms with Crippen LogP contribution in [-0.2, 0) is 5.41 Å². The molecular formula is C53H31N3O2. The molecule has 11 aromatic rings. The molecule has 1 spiro atoms. The molecule has 13 rings (SSSR count). The van der Waals surface area contributed by atoms with E-state index in [-0.39, 0.29) is 0 Å². The number of para-hydroxylation sites is 2. The first-order chi connectivity index (χ1) is 28.8. The Labute approximate surface area is 333 Å². The van der Waals surface area contributed by atoms with Gasteiger partial charge in [-0.1, -0.05) is 109 Å². The second kappa shape index (κ2) is 11.6. The van der Waals surface area contributed by atoms with E-state index in [2.05, 4.69) is 144 Å². The van der Waals surface area contributed by atoms with Crippen LogP contribution in [0.4, 0.5) is 0 Å². The number of hydrogen-bond donors (Lipinski definition) is 0. The minimum Gasteiger partial charge on any atom is -0.457 e. The van der Waals surface area contributed by atoms with Crippen LogP contribution in [0, 0.1) is 0 Å². The normalized spacial score (nSPS) is 15.1. The summed E-state index contributed by atoms with van der Waals surface area (Å²) in [6, 6.07) is 63.0. The van der Waals surface area contributed by atoms with Gasteiger partial charge in [0.15, 0.2) is 0 Å². The Hall–Kier alpha value is -7.76. The average Bonchev–Trinajstić information content (AvgIpc) is 3.79. The Morgan fingerprint density at radius 2 is 1.12 bits per heavy atom. The first-order valence-electron chi connectivity index (χ1n) is 19.6. The monoisotopic (exact) mass is 741 g/mol. The predicted molar refractivity (Wildman–Crippen MR) is 232 cm³/mol. The van der Waals surface area contributed by atoms with Gasteiger partial charge in [0, 0.05) is 45.1 Å². The molecule has 0 N–H and O–H groups in total. The molecule has 0 radical (unpaired) electrons. The van der Waals surface area contributed by atoms with Crippen molar-refractivity contribution in [3.8, 4) is 50.7 Å². The van der Waals surface area contributed by atoms with Crippen LogP contribution in [0.2, 0.25) is 0 Å². The number of furan rings is 1. The van der Waals surface area contributed by atoms with Crippen molar-refractivity contribution >= 4 is 43.9 Å². The molecule has 58 heavy (non-hydrogen) atoms. The maximum atomic E-state index is 6.97. The van der Waals surface area contributed by atoms with Crippen LogP contribution in [0.25, 0.3) is 83.1 Å². The smallest absolute Gasteiger partial charge is 0.146 e. The zero-order valence-electron chi connectivity index (χ0n) is 31.1. The van der Waals surface area contributed by atoms with Crippen molar-refractivity contribution in [2.75, 3.05) is 0 Å². The third-order valence-electron chi connectivity index (χ3n) is 12.4. The largest absolute Gasteiger partial charge is 0.457 e. The van der Waals surface area contributed by atoms with Crippen molar-refractivity contribution in [2.45, 2.75) is 5.41 Å². The molecule has 0 saturated heterocycles. The molecule has 0 saturated carbocycles. The van der Waals surface area contributed by atoms with Gasteiger partial charge >= 0.3 is 0 Å². The summed E-state index contributed by atoms with van der Waals surface area (Å²) in [7, 11) is 0. The summed E-state index contributed by atoms with van der Waals surface area (Å²) >= 11 is 0. The molecule has 1 aliphatic carbocycles. The Kier molecular flexibility index (Phi) is 6.31. The standard InChI is InChI=1S/C53H31N3O2/c1-2-13-35-34(12-1)36-14-3-5-17-42(36)53(43-18-6-8-20-48(43)58-50-30-41-38-15-4-7-19-47(38)57-49(41)31-45(50)53)44-29-33(22-24-37(35)44)32-23-25-46-40(28-32)39-16-11-27-55-52(39)56(46)51-21-9-10-26-54-51/h1-31H. The molecule has 7 aromatic carbocycles. The van der Waals surface area contributed by atoms with E-state index < -0.39 is 5.41 Å². The summed E-state index contributed by atoms with van der Waals surface area (Å²) in [6.45, 7) is 0. The minimum atomic E-state index is -0.776. The maximum Gasteiger partial charge on any atom is 0.146 e. The Morgan fingerprint density at radius 1 is 0.414 bits per heavy atom. The van der Waals surface area contributed by atoms with Gasteiger partial charge < -0.3 is 9.15 Å². The Morgan fingerprint density at radius 3 is 2.00 bits per heavy atom. The van der Waals surface area contributed by atoms with Crippen molar-refractivity contribution in [1.29, 1.82) is 0 Å². The third-order valence-corrected chi connectivity index (χ3v) is 12.4. The lowest BCUT2D eigenvalue weighted by atomic mass is 9.62. The number of pyridine rings is 2. The van der Waals surface area contributed by atoms with E-state index in [0.717, 1.165) is 83.4 Å². The molecule has 5 heteroatoms. The van der Waals surface area contributed by atoms with Gasteiger partial charge in [-0.25, -0.2) is 9.97 Å². The first kappa shape index (κ1) is 31.4. The number of hydrogen-bond acceptors (Lipinski definition) is 4. The molecule has 1 atom stereocenters. The molecular weight excluding hydrogens is 711 g/mol. The lowest BCUT2D eigenvalue weighted by molar-refractivity contribution is 0.435. The third kappa shape index (κ3) is 4.14. The quantitative estimate of drug-likeness (QED) is 0.177. The Balaban J connectivity index is 1.15. The molecule has 4 aromatic heterocycles. The van der Waals surface area contributed by atoms with Gasteiger partial charge in [-0.3, -0.25) is 4.57 Å². The van der Waals surface area contributed by atoms with Crippen LogP contribution in [-0.4, -0.2) is 14.5 Å². The number of rotatable bonds is 2. The van der Waals surface area contributed by atoms with Gasteiger partial charge in [0.25, 0.3) is 0 Å². The number of benzene rings is 7. The minimum absolute atomic E-state index is 0.776. The lowest BCUT2D eigenvalue weighted by Crippen LogP contribution is -2.34. The zero-order chi connectivity index (χ0) is 38.0. The highest BCUT2D eigenvalue weighted by atomic mass is 16.5. The van der Waals surface area contributed by atoms with Crippen LogP contribution >= 0.6 is 0 Å². The van der Waals surface area contributed by atoms with Crippen molar-refractivity contribution < 1.29 is 9.15 Å². The second-order valence-electron chi connectivity index (χ2n) is 15.3. The van der Waals surface area contributed by atoms with E-state index in [1.807, 2.05) is 48.8 Å². The van der Waals surface area contributed by atoms with Crippen LogP contribution in [0.15, 0.2) is 193 Å². The van der Waals surface area contributed by atoms with E-state index in [1.54, 1.807) is 0 Å². The van der Waals surface area contributed by atoms with Crippen LogP contribution in [0.3, 0.4) is 0 Å². The van der Waals surface area contributed by atoms with E-state index in [0.29, 0.717) is 0 Å². The van der Waals surface area contributed by atoms with Gasteiger partial charge in [0.05, 0.1) is 10.9 Å². The van der Waals surface area contributed by atoms with Gasteiger partial charge in [-0.2, -0.15) is 0 Å². The molecule has 0 fully saturated rings. The number of aromatic nitrogens is 3. The van der Waals surface area contributed by atoms with Gasteiger partial charge in [-0.15, -0.1) is 0 Å². The molecule has 1 unspecified atom stereocenters. The number of nitrogens with zero attached hydrogens (tertiary/aromatic N) is 3. The van der Waals surface area contributed by atoms with E-state index in [9.17, 15) is 0 Å². The topological polar surface area (TPSA) is 53.1 Å². The van der Waals surface area contributed by atoms with Crippen molar-refractivity contribution in [3.05, 3.63) is 211 Å². The van der Waals surface area contributed by atoms with E-state index in [4.69, 9.17) is 19.1 Å². The highest BCUT2D eigenvalue weighted by Crippen LogP contribution is 2.62. The fourth-order valence-corrected chi connectivity index (χ4v) is 9.99. The summed E-state index contributed by atoms with van der Waals surface area (Å²) in [4.78, 5) is 9.56. The average molecular weight is 742 g/mol. The van der Waals surface area contributed by atoms with Crippen LogP contribution < -0.4 is 4.74 Å². The molecule has 5 heterocycles. The predicted octanol–water partition coefficient (Wildman–Crippen LogP) is 13.3. The van der Waals surface area contributed by atoms with Crippen molar-refractivity contribution in [1.82, 2.24) is 14.5 Å². The first-order valence-corrected chi connectivity index (χ1v) is 19.6. The number of ether oxygens (including phenoxy) is 1. The van der Waals surface area contributed by atoms with E-state index in [1.165, 1.54) is 33.4 Å². The SMILES string of the molecule is c1ccc(-n2c3ccc(-c4ccc5c(c4)C4(c6ccccc6Oc6cc7c(cc64)oc4ccccc47)c4ccccc4-c4ccccc4-5)cc3c3cccnc32)nc1. The summed E-state index contributed by atoms with van der Waals surface area (Å²) in [6.07, 6.45) is 3.68. The highest BCUT2D eigenvalue weighted by Gasteiger charge is 2.49. The molecule has 2 aliphatic rings. The second-order valence-corrected chi connectivity index (χ2v) is 15.3. The van der Waals surface area contributed by atoms with Crippen LogP contribution in [0.1, 0.15) is 22.3 Å². The van der Waals surface area contributed by atoms with Gasteiger partial charge in [0.2, 0.25) is 0 Å². The lowest BCUT2D eigenvalue weighted by Gasteiger charge is -2.42.